The standard InChI is InChI=1S/C21H30N2O2.CH2O2/c1-15-6-4-5-7-16(15)8-9-20(24)23-13-18-17(12-22(2)3)19-10-11-21(18,14-23)25-19;2-1-3/h4-7,17-19H,8-14H2,1-3H3;1H,(H,2,3)/t17-,18+,19+,21+;/m0./s1. The number of benzene rings is 1. The molecular formula is C22H32N2O4. The number of amides is 1. The average molecular weight is 389 g/mol. The maximum absolute atomic E-state index is 12.8. The molecule has 3 heterocycles. The van der Waals surface area contributed by atoms with Crippen LogP contribution in [-0.2, 0) is 20.7 Å². The topological polar surface area (TPSA) is 70.1 Å². The van der Waals surface area contributed by atoms with Crippen LogP contribution >= 0.6 is 0 Å². The van der Waals surface area contributed by atoms with E-state index in [2.05, 4.69) is 55.1 Å². The Kier molecular flexibility index (Phi) is 6.40. The molecular weight excluding hydrogens is 356 g/mol. The lowest BCUT2D eigenvalue weighted by Crippen LogP contribution is -2.40. The van der Waals surface area contributed by atoms with Gasteiger partial charge in [-0.05, 0) is 51.4 Å². The van der Waals surface area contributed by atoms with Crippen LogP contribution in [0.25, 0.3) is 0 Å². The van der Waals surface area contributed by atoms with Crippen molar-refractivity contribution < 1.29 is 19.4 Å². The van der Waals surface area contributed by atoms with Crippen LogP contribution in [0, 0.1) is 18.8 Å². The van der Waals surface area contributed by atoms with Crippen molar-refractivity contribution in [2.45, 2.75) is 44.3 Å². The van der Waals surface area contributed by atoms with Crippen LogP contribution in [0.5, 0.6) is 0 Å². The van der Waals surface area contributed by atoms with Gasteiger partial charge in [0.05, 0.1) is 18.2 Å². The fourth-order valence-corrected chi connectivity index (χ4v) is 5.34. The second kappa shape index (κ2) is 8.62. The van der Waals surface area contributed by atoms with Gasteiger partial charge in [-0.3, -0.25) is 9.59 Å². The highest BCUT2D eigenvalue weighted by Crippen LogP contribution is 2.54. The van der Waals surface area contributed by atoms with E-state index >= 15 is 0 Å². The lowest BCUT2D eigenvalue weighted by molar-refractivity contribution is -0.131. The molecule has 1 N–H and O–H groups in total. The zero-order chi connectivity index (χ0) is 20.3. The van der Waals surface area contributed by atoms with Crippen molar-refractivity contribution in [1.82, 2.24) is 9.80 Å². The molecule has 4 rings (SSSR count). The van der Waals surface area contributed by atoms with Crippen LogP contribution in [0.2, 0.25) is 0 Å². The number of fused-ring (bicyclic) bond motifs is 1. The Balaban J connectivity index is 0.000000706. The van der Waals surface area contributed by atoms with Crippen molar-refractivity contribution in [3.05, 3.63) is 35.4 Å². The molecule has 3 aliphatic rings. The van der Waals surface area contributed by atoms with Gasteiger partial charge in [-0.25, -0.2) is 0 Å². The minimum atomic E-state index is -0.250. The van der Waals surface area contributed by atoms with E-state index in [1.165, 1.54) is 17.5 Å². The zero-order valence-electron chi connectivity index (χ0n) is 17.1. The van der Waals surface area contributed by atoms with Crippen LogP contribution in [0.15, 0.2) is 24.3 Å². The number of hydrogen-bond donors (Lipinski definition) is 1. The SMILES string of the molecule is Cc1ccccc1CCC(=O)N1C[C@@H]2[C@H](CN(C)C)[C@H]3CC[C@]2(C1)O3.O=CO. The summed E-state index contributed by atoms with van der Waals surface area (Å²) in [5.41, 5.74) is 2.53. The van der Waals surface area contributed by atoms with E-state index in [-0.39, 0.29) is 12.1 Å². The molecule has 3 aliphatic heterocycles. The van der Waals surface area contributed by atoms with Gasteiger partial charge in [0.2, 0.25) is 5.91 Å². The number of carboxylic acid groups (broad SMARTS) is 1. The summed E-state index contributed by atoms with van der Waals surface area (Å²) < 4.78 is 6.44. The highest BCUT2D eigenvalue weighted by Gasteiger charge is 2.63. The third-order valence-electron chi connectivity index (χ3n) is 6.58. The Hall–Kier alpha value is -1.92. The van der Waals surface area contributed by atoms with E-state index in [0.717, 1.165) is 32.5 Å². The quantitative estimate of drug-likeness (QED) is 0.783. The Bertz CT molecular complexity index is 708. The van der Waals surface area contributed by atoms with Gasteiger partial charge in [-0.15, -0.1) is 0 Å². The maximum Gasteiger partial charge on any atom is 0.290 e. The van der Waals surface area contributed by atoms with Crippen LogP contribution in [0.3, 0.4) is 0 Å². The van der Waals surface area contributed by atoms with Crippen molar-refractivity contribution in [2.24, 2.45) is 11.8 Å². The first-order chi connectivity index (χ1) is 13.4. The van der Waals surface area contributed by atoms with Crippen molar-refractivity contribution in [1.29, 1.82) is 0 Å². The largest absolute Gasteiger partial charge is 0.483 e. The number of likely N-dealkylation sites (tertiary alicyclic amines) is 1. The summed E-state index contributed by atoms with van der Waals surface area (Å²) in [5, 5.41) is 6.89. The van der Waals surface area contributed by atoms with Gasteiger partial charge in [0.1, 0.15) is 0 Å². The fraction of sp³-hybridized carbons (Fsp3) is 0.636. The second-order valence-electron chi connectivity index (χ2n) is 8.60. The molecule has 6 heteroatoms. The lowest BCUT2D eigenvalue weighted by atomic mass is 9.73. The molecule has 0 saturated carbocycles. The van der Waals surface area contributed by atoms with Gasteiger partial charge in [0.15, 0.2) is 0 Å². The number of carbonyl (C=O) groups excluding carboxylic acids is 1. The highest BCUT2D eigenvalue weighted by molar-refractivity contribution is 5.77. The average Bonchev–Trinajstić information content (AvgIpc) is 3.31. The number of rotatable bonds is 5. The van der Waals surface area contributed by atoms with Gasteiger partial charge in [0.25, 0.3) is 6.47 Å². The molecule has 154 valence electrons. The molecule has 0 radical (unpaired) electrons. The molecule has 3 fully saturated rings. The molecule has 3 saturated heterocycles. The fourth-order valence-electron chi connectivity index (χ4n) is 5.34. The smallest absolute Gasteiger partial charge is 0.290 e. The number of nitrogens with zero attached hydrogens (tertiary/aromatic N) is 2. The summed E-state index contributed by atoms with van der Waals surface area (Å²) in [6.45, 7) is 4.64. The summed E-state index contributed by atoms with van der Waals surface area (Å²) in [4.78, 5) is 25.5. The summed E-state index contributed by atoms with van der Waals surface area (Å²) in [6.07, 6.45) is 4.16. The molecule has 0 aromatic heterocycles. The van der Waals surface area contributed by atoms with E-state index in [4.69, 9.17) is 14.6 Å². The summed E-state index contributed by atoms with van der Waals surface area (Å²) in [5.74, 6) is 1.40. The predicted octanol–water partition coefficient (Wildman–Crippen LogP) is 2.20. The van der Waals surface area contributed by atoms with Gasteiger partial charge < -0.3 is 19.6 Å². The third kappa shape index (κ3) is 4.08. The van der Waals surface area contributed by atoms with Gasteiger partial charge in [-0.1, -0.05) is 24.3 Å². The number of ether oxygens (including phenoxy) is 1. The predicted molar refractivity (Wildman–Crippen MR) is 107 cm³/mol. The molecule has 1 aromatic carbocycles. The molecule has 0 aliphatic carbocycles. The van der Waals surface area contributed by atoms with Crippen LogP contribution in [-0.4, -0.2) is 72.7 Å². The molecule has 2 bridgehead atoms. The van der Waals surface area contributed by atoms with Crippen LogP contribution < -0.4 is 0 Å². The van der Waals surface area contributed by atoms with Crippen LogP contribution in [0.4, 0.5) is 0 Å². The maximum atomic E-state index is 12.8. The minimum absolute atomic E-state index is 0.0380. The number of hydrogen-bond acceptors (Lipinski definition) is 4. The normalized spacial score (nSPS) is 30.1. The van der Waals surface area contributed by atoms with Crippen molar-refractivity contribution in [3.63, 3.8) is 0 Å². The molecule has 0 unspecified atom stereocenters. The van der Waals surface area contributed by atoms with Gasteiger partial charge in [-0.2, -0.15) is 0 Å². The van der Waals surface area contributed by atoms with Crippen LogP contribution in [0.1, 0.15) is 30.4 Å². The number of carbonyl (C=O) groups is 2. The molecule has 28 heavy (non-hydrogen) atoms. The van der Waals surface area contributed by atoms with Crippen molar-refractivity contribution in [3.8, 4) is 0 Å². The zero-order valence-corrected chi connectivity index (χ0v) is 17.1. The molecule has 1 spiro atoms. The minimum Gasteiger partial charge on any atom is -0.483 e. The van der Waals surface area contributed by atoms with E-state index in [1.807, 2.05) is 0 Å². The van der Waals surface area contributed by atoms with E-state index < -0.39 is 0 Å². The van der Waals surface area contributed by atoms with Gasteiger partial charge >= 0.3 is 0 Å². The van der Waals surface area contributed by atoms with E-state index in [0.29, 0.717) is 30.3 Å². The number of aryl methyl sites for hydroxylation is 2. The monoisotopic (exact) mass is 388 g/mol. The molecule has 6 nitrogen and oxygen atoms in total. The first-order valence-electron chi connectivity index (χ1n) is 10.1. The third-order valence-corrected chi connectivity index (χ3v) is 6.58. The second-order valence-corrected chi connectivity index (χ2v) is 8.60. The van der Waals surface area contributed by atoms with Crippen molar-refractivity contribution >= 4 is 12.4 Å². The Labute approximate surface area is 167 Å². The Morgan fingerprint density at radius 2 is 2.11 bits per heavy atom. The first kappa shape index (κ1) is 20.8. The summed E-state index contributed by atoms with van der Waals surface area (Å²) in [6, 6.07) is 8.37. The summed E-state index contributed by atoms with van der Waals surface area (Å²) >= 11 is 0. The Morgan fingerprint density at radius 1 is 1.39 bits per heavy atom. The highest BCUT2D eigenvalue weighted by atomic mass is 16.5. The van der Waals surface area contributed by atoms with E-state index in [1.54, 1.807) is 0 Å². The van der Waals surface area contributed by atoms with E-state index in [9.17, 15) is 4.79 Å². The van der Waals surface area contributed by atoms with Gasteiger partial charge in [0, 0.05) is 31.3 Å². The molecule has 4 atom stereocenters. The lowest BCUT2D eigenvalue weighted by Gasteiger charge is -2.30. The first-order valence-corrected chi connectivity index (χ1v) is 10.1. The Morgan fingerprint density at radius 3 is 2.79 bits per heavy atom. The molecule has 1 aromatic rings. The molecule has 1 amide bonds. The summed E-state index contributed by atoms with van der Waals surface area (Å²) in [7, 11) is 4.28. The van der Waals surface area contributed by atoms with Crippen molar-refractivity contribution in [2.75, 3.05) is 33.7 Å².